The molecule has 0 bridgehead atoms. The van der Waals surface area contributed by atoms with E-state index in [0.29, 0.717) is 11.3 Å². The maximum atomic E-state index is 12.0. The van der Waals surface area contributed by atoms with E-state index in [1.165, 1.54) is 18.4 Å². The van der Waals surface area contributed by atoms with Crippen molar-refractivity contribution in [3.05, 3.63) is 33.7 Å². The van der Waals surface area contributed by atoms with E-state index in [-0.39, 0.29) is 5.92 Å². The van der Waals surface area contributed by atoms with Crippen LogP contribution in [0.25, 0.3) is 0 Å². The molecule has 0 N–H and O–H groups in total. The Bertz CT molecular complexity index is 593. The minimum atomic E-state index is -0.420. The third-order valence-electron chi connectivity index (χ3n) is 3.22. The molecule has 0 spiro atoms. The Kier molecular flexibility index (Phi) is 3.82. The third kappa shape index (κ3) is 2.32. The predicted molar refractivity (Wildman–Crippen MR) is 74.0 cm³/mol. The van der Waals surface area contributed by atoms with Crippen molar-refractivity contribution >= 4 is 23.0 Å². The van der Waals surface area contributed by atoms with Crippen LogP contribution in [0.5, 0.6) is 0 Å². The van der Waals surface area contributed by atoms with Crippen LogP contribution in [0, 0.1) is 17.2 Å². The van der Waals surface area contributed by atoms with Gasteiger partial charge < -0.3 is 4.74 Å². The van der Waals surface area contributed by atoms with E-state index in [1.807, 2.05) is 24.4 Å². The number of nitrogens with zero attached hydrogens (tertiary/aromatic N) is 2. The maximum absolute atomic E-state index is 12.0. The summed E-state index contributed by atoms with van der Waals surface area (Å²) in [5.74, 6) is -1.11. The monoisotopic (exact) mass is 274 g/mol. The number of aliphatic imine (C=N–C) groups is 1. The molecule has 2 rings (SSSR count). The molecule has 4 nitrogen and oxygen atoms in total. The number of hydrogen-bond donors (Lipinski definition) is 0. The van der Waals surface area contributed by atoms with E-state index in [9.17, 15) is 10.1 Å². The van der Waals surface area contributed by atoms with Crippen LogP contribution in [0.4, 0.5) is 0 Å². The number of nitriles is 1. The van der Waals surface area contributed by atoms with Gasteiger partial charge in [0, 0.05) is 22.2 Å². The summed E-state index contributed by atoms with van der Waals surface area (Å²) in [6.07, 6.45) is 0. The summed E-state index contributed by atoms with van der Waals surface area (Å²) in [6.45, 7) is 3.61. The topological polar surface area (TPSA) is 62.4 Å². The van der Waals surface area contributed by atoms with Gasteiger partial charge in [0.25, 0.3) is 0 Å². The van der Waals surface area contributed by atoms with Crippen molar-refractivity contribution in [1.82, 2.24) is 0 Å². The zero-order valence-electron chi connectivity index (χ0n) is 11.0. The van der Waals surface area contributed by atoms with Gasteiger partial charge in [0.05, 0.1) is 24.7 Å². The van der Waals surface area contributed by atoms with E-state index >= 15 is 0 Å². The number of hydrogen-bond acceptors (Lipinski definition) is 5. The number of esters is 1. The average molecular weight is 274 g/mol. The van der Waals surface area contributed by atoms with Crippen LogP contribution in [0.3, 0.4) is 0 Å². The Morgan fingerprint density at radius 3 is 2.79 bits per heavy atom. The molecule has 0 aliphatic carbocycles. The Hall–Kier alpha value is -1.93. The van der Waals surface area contributed by atoms with E-state index in [4.69, 9.17) is 4.74 Å². The summed E-state index contributed by atoms with van der Waals surface area (Å²) in [5.41, 5.74) is 1.86. The molecule has 1 aromatic heterocycles. The van der Waals surface area contributed by atoms with Gasteiger partial charge >= 0.3 is 5.97 Å². The molecule has 98 valence electrons. The van der Waals surface area contributed by atoms with Gasteiger partial charge in [-0.15, -0.1) is 11.3 Å². The predicted octanol–water partition coefficient (Wildman–Crippen LogP) is 2.89. The average Bonchev–Trinajstić information content (AvgIpc) is 2.90. The van der Waals surface area contributed by atoms with Crippen LogP contribution in [0.1, 0.15) is 24.6 Å². The highest BCUT2D eigenvalue weighted by atomic mass is 32.1. The molecule has 1 unspecified atom stereocenters. The van der Waals surface area contributed by atoms with Crippen molar-refractivity contribution in [2.45, 2.75) is 19.8 Å². The molecule has 0 radical (unpaired) electrons. The summed E-state index contributed by atoms with van der Waals surface area (Å²) in [4.78, 5) is 17.3. The number of carbonyl (C=O) groups excluding carboxylic acids is 1. The van der Waals surface area contributed by atoms with Gasteiger partial charge in [-0.05, 0) is 25.3 Å². The smallest absolute Gasteiger partial charge is 0.336 e. The van der Waals surface area contributed by atoms with Gasteiger partial charge in [-0.25, -0.2) is 4.79 Å². The minimum absolute atomic E-state index is 0.282. The van der Waals surface area contributed by atoms with Crippen LogP contribution in [-0.4, -0.2) is 18.8 Å². The first-order valence-electron chi connectivity index (χ1n) is 5.87. The van der Waals surface area contributed by atoms with E-state index in [1.54, 1.807) is 6.92 Å². The van der Waals surface area contributed by atoms with Crippen molar-refractivity contribution in [2.24, 2.45) is 10.9 Å². The van der Waals surface area contributed by atoms with Gasteiger partial charge in [-0.3, -0.25) is 4.99 Å². The van der Waals surface area contributed by atoms with Gasteiger partial charge in [0.15, 0.2) is 0 Å². The molecule has 2 heterocycles. The Morgan fingerprint density at radius 2 is 2.26 bits per heavy atom. The van der Waals surface area contributed by atoms with E-state index in [0.717, 1.165) is 10.6 Å². The zero-order chi connectivity index (χ0) is 14.0. The Labute approximate surface area is 116 Å². The number of rotatable bonds is 2. The van der Waals surface area contributed by atoms with Crippen molar-refractivity contribution in [1.29, 1.82) is 5.26 Å². The van der Waals surface area contributed by atoms with Crippen molar-refractivity contribution in [3.63, 3.8) is 0 Å². The van der Waals surface area contributed by atoms with Gasteiger partial charge in [-0.2, -0.15) is 5.26 Å². The van der Waals surface area contributed by atoms with Crippen molar-refractivity contribution < 1.29 is 9.53 Å². The summed E-state index contributed by atoms with van der Waals surface area (Å²) in [7, 11) is 1.35. The maximum Gasteiger partial charge on any atom is 0.336 e. The molecule has 1 aliphatic heterocycles. The molecule has 0 amide bonds. The molecular formula is C14H14N2O2S. The highest BCUT2D eigenvalue weighted by Gasteiger charge is 2.38. The number of ether oxygens (including phenoxy) is 1. The quantitative estimate of drug-likeness (QED) is 0.779. The summed E-state index contributed by atoms with van der Waals surface area (Å²) in [6, 6.07) is 6.11. The lowest BCUT2D eigenvalue weighted by Crippen LogP contribution is -2.28. The first kappa shape index (κ1) is 13.5. The SMILES string of the molecule is COC(=O)C1=C(C)N=C(C)C(C#N)[C@H]1c1cccs1. The molecule has 0 saturated carbocycles. The molecule has 5 heteroatoms. The van der Waals surface area contributed by atoms with Gasteiger partial charge in [0.1, 0.15) is 0 Å². The Morgan fingerprint density at radius 1 is 1.53 bits per heavy atom. The fraction of sp³-hybridized carbons (Fsp3) is 0.357. The highest BCUT2D eigenvalue weighted by Crippen LogP contribution is 2.40. The van der Waals surface area contributed by atoms with Crippen LogP contribution in [0.2, 0.25) is 0 Å². The van der Waals surface area contributed by atoms with E-state index < -0.39 is 11.9 Å². The molecule has 1 aliphatic rings. The largest absolute Gasteiger partial charge is 0.466 e. The lowest BCUT2D eigenvalue weighted by atomic mass is 9.80. The zero-order valence-corrected chi connectivity index (χ0v) is 11.8. The Balaban J connectivity index is 2.60. The number of carbonyl (C=O) groups is 1. The van der Waals surface area contributed by atoms with Crippen molar-refractivity contribution in [2.75, 3.05) is 7.11 Å². The fourth-order valence-electron chi connectivity index (χ4n) is 2.35. The third-order valence-corrected chi connectivity index (χ3v) is 4.18. The van der Waals surface area contributed by atoms with Crippen LogP contribution in [-0.2, 0) is 9.53 Å². The normalized spacial score (nSPS) is 22.7. The van der Waals surface area contributed by atoms with Crippen LogP contribution in [0.15, 0.2) is 33.8 Å². The van der Waals surface area contributed by atoms with Crippen LogP contribution < -0.4 is 0 Å². The van der Waals surface area contributed by atoms with Crippen molar-refractivity contribution in [3.8, 4) is 6.07 Å². The van der Waals surface area contributed by atoms with Gasteiger partial charge in [-0.1, -0.05) is 6.07 Å². The molecule has 19 heavy (non-hydrogen) atoms. The lowest BCUT2D eigenvalue weighted by molar-refractivity contribution is -0.136. The minimum Gasteiger partial charge on any atom is -0.466 e. The molecule has 0 aromatic carbocycles. The first-order valence-corrected chi connectivity index (χ1v) is 6.75. The number of methoxy groups -OCH3 is 1. The summed E-state index contributed by atoms with van der Waals surface area (Å²) < 4.78 is 4.85. The summed E-state index contributed by atoms with van der Waals surface area (Å²) >= 11 is 1.54. The first-order chi connectivity index (χ1) is 9.10. The molecule has 0 saturated heterocycles. The highest BCUT2D eigenvalue weighted by molar-refractivity contribution is 7.10. The fourth-order valence-corrected chi connectivity index (χ4v) is 3.23. The molecule has 2 atom stereocenters. The summed E-state index contributed by atoms with van der Waals surface area (Å²) in [5, 5.41) is 11.3. The number of thiophene rings is 1. The standard InChI is InChI=1S/C14H14N2O2S/c1-8-10(7-15)13(11-5-4-6-19-11)12(9(2)16-8)14(17)18-3/h4-6,10,13H,1-3H3/t10?,13-/m0/s1. The molecule has 0 fully saturated rings. The van der Waals surface area contributed by atoms with Gasteiger partial charge in [0.2, 0.25) is 0 Å². The molecule has 1 aromatic rings. The second kappa shape index (κ2) is 5.37. The van der Waals surface area contributed by atoms with E-state index in [2.05, 4.69) is 11.1 Å². The number of allylic oxidation sites excluding steroid dienone is 1. The second-order valence-electron chi connectivity index (χ2n) is 4.34. The molecular weight excluding hydrogens is 260 g/mol. The van der Waals surface area contributed by atoms with Crippen LogP contribution >= 0.6 is 11.3 Å². The lowest BCUT2D eigenvalue weighted by Gasteiger charge is -2.27. The second-order valence-corrected chi connectivity index (χ2v) is 5.32.